The van der Waals surface area contributed by atoms with Gasteiger partial charge in [0.05, 0.1) is 6.54 Å². The number of para-hydroxylation sites is 1. The fourth-order valence-electron chi connectivity index (χ4n) is 3.29. The fourth-order valence-corrected chi connectivity index (χ4v) is 3.29. The SMILES string of the molecule is Cc1cc(C)cc(C(=O)NNC(=O)CN2CCCc3ccccc32)c1. The van der Waals surface area contributed by atoms with E-state index in [9.17, 15) is 9.59 Å². The Balaban J connectivity index is 1.58. The maximum Gasteiger partial charge on any atom is 0.269 e. The van der Waals surface area contributed by atoms with Gasteiger partial charge in [0, 0.05) is 17.8 Å². The molecule has 0 unspecified atom stereocenters. The van der Waals surface area contributed by atoms with Gasteiger partial charge >= 0.3 is 0 Å². The summed E-state index contributed by atoms with van der Waals surface area (Å²) in [4.78, 5) is 26.5. The summed E-state index contributed by atoms with van der Waals surface area (Å²) in [6, 6.07) is 13.7. The van der Waals surface area contributed by atoms with Gasteiger partial charge in [-0.25, -0.2) is 0 Å². The van der Waals surface area contributed by atoms with E-state index in [4.69, 9.17) is 0 Å². The van der Waals surface area contributed by atoms with Crippen molar-refractivity contribution >= 4 is 17.5 Å². The molecule has 0 atom stereocenters. The molecular weight excluding hydrogens is 314 g/mol. The highest BCUT2D eigenvalue weighted by Gasteiger charge is 2.19. The highest BCUT2D eigenvalue weighted by Crippen LogP contribution is 2.26. The van der Waals surface area contributed by atoms with E-state index in [1.165, 1.54) is 5.56 Å². The number of anilines is 1. The minimum Gasteiger partial charge on any atom is -0.362 e. The van der Waals surface area contributed by atoms with Crippen LogP contribution in [0, 0.1) is 13.8 Å². The Labute approximate surface area is 148 Å². The van der Waals surface area contributed by atoms with E-state index in [1.807, 2.05) is 38.1 Å². The minimum absolute atomic E-state index is 0.226. The molecule has 2 N–H and O–H groups in total. The third-order valence-electron chi connectivity index (χ3n) is 4.34. The molecular formula is C20H23N3O2. The Bertz CT molecular complexity index is 781. The van der Waals surface area contributed by atoms with Gasteiger partial charge in [0.15, 0.2) is 0 Å². The van der Waals surface area contributed by atoms with Crippen molar-refractivity contribution in [1.82, 2.24) is 10.9 Å². The number of carbonyl (C=O) groups is 2. The van der Waals surface area contributed by atoms with Crippen LogP contribution in [0.25, 0.3) is 0 Å². The molecule has 3 rings (SSSR count). The molecule has 1 aliphatic heterocycles. The van der Waals surface area contributed by atoms with Crippen LogP contribution in [-0.4, -0.2) is 24.9 Å². The molecule has 0 saturated heterocycles. The van der Waals surface area contributed by atoms with Crippen LogP contribution in [0.1, 0.15) is 33.5 Å². The van der Waals surface area contributed by atoms with Gasteiger partial charge in [0.2, 0.25) is 0 Å². The molecule has 2 amide bonds. The van der Waals surface area contributed by atoms with E-state index in [0.29, 0.717) is 5.56 Å². The lowest BCUT2D eigenvalue weighted by molar-refractivity contribution is -0.120. The minimum atomic E-state index is -0.306. The number of fused-ring (bicyclic) bond motifs is 1. The van der Waals surface area contributed by atoms with Gasteiger partial charge in [-0.2, -0.15) is 0 Å². The number of carbonyl (C=O) groups excluding carboxylic acids is 2. The summed E-state index contributed by atoms with van der Waals surface area (Å²) in [7, 11) is 0. The van der Waals surface area contributed by atoms with E-state index >= 15 is 0 Å². The number of nitrogens with one attached hydrogen (secondary N) is 2. The molecule has 25 heavy (non-hydrogen) atoms. The molecule has 2 aromatic rings. The molecule has 130 valence electrons. The average molecular weight is 337 g/mol. The molecule has 0 bridgehead atoms. The van der Waals surface area contributed by atoms with Crippen molar-refractivity contribution in [1.29, 1.82) is 0 Å². The fraction of sp³-hybridized carbons (Fsp3) is 0.300. The maximum absolute atomic E-state index is 12.2. The summed E-state index contributed by atoms with van der Waals surface area (Å²) in [5, 5.41) is 0. The molecule has 5 nitrogen and oxygen atoms in total. The first kappa shape index (κ1) is 17.0. The number of hydrogen-bond acceptors (Lipinski definition) is 3. The summed E-state index contributed by atoms with van der Waals surface area (Å²) in [6.07, 6.45) is 2.07. The van der Waals surface area contributed by atoms with E-state index in [-0.39, 0.29) is 18.4 Å². The van der Waals surface area contributed by atoms with Crippen LogP contribution in [0.2, 0.25) is 0 Å². The first-order valence-corrected chi connectivity index (χ1v) is 8.53. The topological polar surface area (TPSA) is 61.4 Å². The van der Waals surface area contributed by atoms with Crippen molar-refractivity contribution in [2.24, 2.45) is 0 Å². The van der Waals surface area contributed by atoms with Gasteiger partial charge in [-0.1, -0.05) is 35.4 Å². The lowest BCUT2D eigenvalue weighted by Crippen LogP contribution is -2.47. The lowest BCUT2D eigenvalue weighted by Gasteiger charge is -2.30. The molecule has 1 heterocycles. The molecule has 2 aromatic carbocycles. The monoisotopic (exact) mass is 337 g/mol. The van der Waals surface area contributed by atoms with Crippen molar-refractivity contribution < 1.29 is 9.59 Å². The second-order valence-electron chi connectivity index (χ2n) is 6.53. The van der Waals surface area contributed by atoms with Gasteiger partial charge < -0.3 is 4.90 Å². The molecule has 0 aliphatic carbocycles. The van der Waals surface area contributed by atoms with E-state index in [1.54, 1.807) is 12.1 Å². The molecule has 0 radical (unpaired) electrons. The van der Waals surface area contributed by atoms with Crippen molar-refractivity contribution in [2.75, 3.05) is 18.0 Å². The zero-order valence-corrected chi connectivity index (χ0v) is 14.6. The predicted octanol–water partition coefficient (Wildman–Crippen LogP) is 2.52. The Morgan fingerprint density at radius 1 is 1.04 bits per heavy atom. The zero-order valence-electron chi connectivity index (χ0n) is 14.6. The molecule has 1 aliphatic rings. The number of aryl methyl sites for hydroxylation is 3. The van der Waals surface area contributed by atoms with Crippen molar-refractivity contribution in [3.05, 3.63) is 64.7 Å². The summed E-state index contributed by atoms with van der Waals surface area (Å²) in [6.45, 7) is 4.95. The second-order valence-corrected chi connectivity index (χ2v) is 6.53. The number of hydrazine groups is 1. The van der Waals surface area contributed by atoms with Gasteiger partial charge in [-0.15, -0.1) is 0 Å². The normalized spacial score (nSPS) is 13.1. The first-order valence-electron chi connectivity index (χ1n) is 8.53. The van der Waals surface area contributed by atoms with Crippen LogP contribution < -0.4 is 15.8 Å². The highest BCUT2D eigenvalue weighted by atomic mass is 16.2. The number of nitrogens with zero attached hydrogens (tertiary/aromatic N) is 1. The van der Waals surface area contributed by atoms with Crippen LogP contribution in [0.15, 0.2) is 42.5 Å². The third kappa shape index (κ3) is 4.18. The molecule has 0 spiro atoms. The Kier molecular flexibility index (Phi) is 5.03. The summed E-state index contributed by atoms with van der Waals surface area (Å²) >= 11 is 0. The van der Waals surface area contributed by atoms with Crippen LogP contribution in [0.3, 0.4) is 0 Å². The van der Waals surface area contributed by atoms with Crippen molar-refractivity contribution in [2.45, 2.75) is 26.7 Å². The molecule has 5 heteroatoms. The summed E-state index contributed by atoms with van der Waals surface area (Å²) < 4.78 is 0. The van der Waals surface area contributed by atoms with Crippen molar-refractivity contribution in [3.8, 4) is 0 Å². The third-order valence-corrected chi connectivity index (χ3v) is 4.34. The largest absolute Gasteiger partial charge is 0.362 e. The van der Waals surface area contributed by atoms with Gasteiger partial charge in [0.25, 0.3) is 11.8 Å². The number of rotatable bonds is 3. The predicted molar refractivity (Wildman–Crippen MR) is 98.5 cm³/mol. The van der Waals surface area contributed by atoms with Crippen LogP contribution in [-0.2, 0) is 11.2 Å². The van der Waals surface area contributed by atoms with Gasteiger partial charge in [-0.3, -0.25) is 20.4 Å². The zero-order chi connectivity index (χ0) is 17.8. The number of hydrogen-bond donors (Lipinski definition) is 2. The molecule has 0 saturated carbocycles. The lowest BCUT2D eigenvalue weighted by atomic mass is 10.0. The Morgan fingerprint density at radius 3 is 2.52 bits per heavy atom. The van der Waals surface area contributed by atoms with Crippen LogP contribution in [0.5, 0.6) is 0 Å². The summed E-state index contributed by atoms with van der Waals surface area (Å²) in [5.74, 6) is -0.534. The molecule has 0 aromatic heterocycles. The highest BCUT2D eigenvalue weighted by molar-refractivity contribution is 5.96. The van der Waals surface area contributed by atoms with E-state index in [2.05, 4.69) is 21.8 Å². The molecule has 0 fully saturated rings. The Morgan fingerprint density at radius 2 is 1.76 bits per heavy atom. The van der Waals surface area contributed by atoms with Gasteiger partial charge in [-0.05, 0) is 50.5 Å². The standard InChI is InChI=1S/C20H23N3O2/c1-14-10-15(2)12-17(11-14)20(25)22-21-19(24)13-23-9-5-7-16-6-3-4-8-18(16)23/h3-4,6,8,10-12H,5,7,9,13H2,1-2H3,(H,21,24)(H,22,25). The van der Waals surface area contributed by atoms with Crippen molar-refractivity contribution in [3.63, 3.8) is 0 Å². The van der Waals surface area contributed by atoms with E-state index in [0.717, 1.165) is 36.2 Å². The van der Waals surface area contributed by atoms with Crippen LogP contribution >= 0.6 is 0 Å². The summed E-state index contributed by atoms with van der Waals surface area (Å²) in [5.41, 5.74) is 9.96. The second kappa shape index (κ2) is 7.38. The maximum atomic E-state index is 12.2. The quantitative estimate of drug-likeness (QED) is 0.846. The van der Waals surface area contributed by atoms with E-state index < -0.39 is 0 Å². The van der Waals surface area contributed by atoms with Gasteiger partial charge in [0.1, 0.15) is 0 Å². The Hall–Kier alpha value is -2.82. The number of amides is 2. The first-order chi connectivity index (χ1) is 12.0. The average Bonchev–Trinajstić information content (AvgIpc) is 2.59. The number of benzene rings is 2. The van der Waals surface area contributed by atoms with Crippen LogP contribution in [0.4, 0.5) is 5.69 Å². The smallest absolute Gasteiger partial charge is 0.269 e.